The van der Waals surface area contributed by atoms with Crippen molar-refractivity contribution in [2.75, 3.05) is 7.05 Å². The first-order valence-electron chi connectivity index (χ1n) is 6.39. The van der Waals surface area contributed by atoms with E-state index in [1.54, 1.807) is 0 Å². The average molecular weight is 339 g/mol. The van der Waals surface area contributed by atoms with Crippen LogP contribution in [-0.4, -0.2) is 22.1 Å². The monoisotopic (exact) mass is 338 g/mol. The molecule has 2 N–H and O–H groups in total. The minimum absolute atomic E-state index is 0.531. The Kier molecular flexibility index (Phi) is 4.57. The summed E-state index contributed by atoms with van der Waals surface area (Å²) in [5, 5.41) is 3.92. The van der Waals surface area contributed by atoms with E-state index >= 15 is 0 Å². The molecule has 5 nitrogen and oxygen atoms in total. The zero-order valence-corrected chi connectivity index (χ0v) is 13.5. The van der Waals surface area contributed by atoms with Crippen LogP contribution >= 0.6 is 15.9 Å². The van der Waals surface area contributed by atoms with Gasteiger partial charge in [-0.1, -0.05) is 33.2 Å². The molecule has 0 aliphatic heterocycles. The summed E-state index contributed by atoms with van der Waals surface area (Å²) < 4.78 is 6.31. The van der Waals surface area contributed by atoms with Crippen LogP contribution in [-0.2, 0) is 18.6 Å². The summed E-state index contributed by atoms with van der Waals surface area (Å²) in [6.07, 6.45) is 0. The average Bonchev–Trinajstić information content (AvgIpc) is 2.76. The molecule has 0 atom stereocenters. The fourth-order valence-corrected chi connectivity index (χ4v) is 2.26. The molecule has 0 bridgehead atoms. The van der Waals surface area contributed by atoms with Crippen molar-refractivity contribution < 1.29 is 4.52 Å². The van der Waals surface area contributed by atoms with Crippen LogP contribution in [0.25, 0.3) is 0 Å². The highest BCUT2D eigenvalue weighted by Crippen LogP contribution is 2.15. The lowest BCUT2D eigenvalue weighted by molar-refractivity contribution is 0.259. The van der Waals surface area contributed by atoms with Crippen LogP contribution in [0.5, 0.6) is 0 Å². The van der Waals surface area contributed by atoms with Gasteiger partial charge in [0.05, 0.1) is 12.1 Å². The molecule has 0 radical (unpaired) electrons. The largest absolute Gasteiger partial charge is 0.338 e. The van der Waals surface area contributed by atoms with Gasteiger partial charge in [0.25, 0.3) is 0 Å². The predicted molar refractivity (Wildman–Crippen MR) is 80.8 cm³/mol. The maximum atomic E-state index is 5.94. The highest BCUT2D eigenvalue weighted by Gasteiger charge is 2.21. The van der Waals surface area contributed by atoms with Crippen LogP contribution in [0.1, 0.15) is 31.1 Å². The Morgan fingerprint density at radius 3 is 2.70 bits per heavy atom. The SMILES string of the molecule is CN(Cc1cccc(Br)c1)Cc1nc(C(C)(C)N)no1. The van der Waals surface area contributed by atoms with Crippen molar-refractivity contribution in [1.29, 1.82) is 0 Å². The Labute approximate surface area is 127 Å². The van der Waals surface area contributed by atoms with Crippen molar-refractivity contribution in [3.05, 3.63) is 46.0 Å². The lowest BCUT2D eigenvalue weighted by Crippen LogP contribution is -2.30. The second-order valence-electron chi connectivity index (χ2n) is 5.54. The molecule has 0 spiro atoms. The summed E-state index contributed by atoms with van der Waals surface area (Å²) in [5.74, 6) is 1.11. The zero-order chi connectivity index (χ0) is 14.8. The van der Waals surface area contributed by atoms with E-state index in [4.69, 9.17) is 10.3 Å². The highest BCUT2D eigenvalue weighted by molar-refractivity contribution is 9.10. The van der Waals surface area contributed by atoms with Gasteiger partial charge in [-0.3, -0.25) is 4.90 Å². The Balaban J connectivity index is 1.98. The van der Waals surface area contributed by atoms with E-state index in [0.717, 1.165) is 11.0 Å². The number of nitrogens with zero attached hydrogens (tertiary/aromatic N) is 3. The number of halogens is 1. The van der Waals surface area contributed by atoms with Crippen molar-refractivity contribution in [1.82, 2.24) is 15.0 Å². The minimum Gasteiger partial charge on any atom is -0.338 e. The molecule has 2 rings (SSSR count). The first-order chi connectivity index (χ1) is 9.34. The van der Waals surface area contributed by atoms with Crippen LogP contribution in [0.4, 0.5) is 0 Å². The van der Waals surface area contributed by atoms with E-state index in [-0.39, 0.29) is 0 Å². The Morgan fingerprint density at radius 2 is 2.10 bits per heavy atom. The van der Waals surface area contributed by atoms with E-state index < -0.39 is 5.54 Å². The third-order valence-corrected chi connectivity index (χ3v) is 3.28. The zero-order valence-electron chi connectivity index (χ0n) is 11.9. The molecule has 0 saturated heterocycles. The van der Waals surface area contributed by atoms with Gasteiger partial charge in [0.15, 0.2) is 5.82 Å². The molecule has 0 amide bonds. The van der Waals surface area contributed by atoms with Gasteiger partial charge >= 0.3 is 0 Å². The molecule has 1 aromatic heterocycles. The number of hydrogen-bond acceptors (Lipinski definition) is 5. The van der Waals surface area contributed by atoms with Gasteiger partial charge in [-0.25, -0.2) is 0 Å². The van der Waals surface area contributed by atoms with Crippen molar-refractivity contribution in [2.24, 2.45) is 5.73 Å². The topological polar surface area (TPSA) is 68.2 Å². The maximum absolute atomic E-state index is 5.94. The van der Waals surface area contributed by atoms with Crippen molar-refractivity contribution >= 4 is 15.9 Å². The first kappa shape index (κ1) is 15.2. The lowest BCUT2D eigenvalue weighted by atomic mass is 10.1. The smallest absolute Gasteiger partial charge is 0.240 e. The van der Waals surface area contributed by atoms with Gasteiger partial charge in [-0.05, 0) is 38.6 Å². The molecule has 108 valence electrons. The summed E-state index contributed by atoms with van der Waals surface area (Å²) in [5.41, 5.74) is 6.58. The fourth-order valence-electron chi connectivity index (χ4n) is 1.81. The van der Waals surface area contributed by atoms with Gasteiger partial charge in [-0.15, -0.1) is 0 Å². The third-order valence-electron chi connectivity index (χ3n) is 2.79. The van der Waals surface area contributed by atoms with Crippen LogP contribution in [0.2, 0.25) is 0 Å². The summed E-state index contributed by atoms with van der Waals surface area (Å²) in [6.45, 7) is 5.11. The van der Waals surface area contributed by atoms with Crippen LogP contribution in [0, 0.1) is 0 Å². The highest BCUT2D eigenvalue weighted by atomic mass is 79.9. The Hall–Kier alpha value is -1.24. The van der Waals surface area contributed by atoms with Crippen molar-refractivity contribution in [2.45, 2.75) is 32.5 Å². The second kappa shape index (κ2) is 6.03. The van der Waals surface area contributed by atoms with Crippen LogP contribution < -0.4 is 5.73 Å². The van der Waals surface area contributed by atoms with Gasteiger partial charge in [0.2, 0.25) is 5.89 Å². The number of nitrogens with two attached hydrogens (primary N) is 1. The number of rotatable bonds is 5. The fraction of sp³-hybridized carbons (Fsp3) is 0.429. The van der Waals surface area contributed by atoms with Crippen LogP contribution in [0.3, 0.4) is 0 Å². The second-order valence-corrected chi connectivity index (χ2v) is 6.45. The first-order valence-corrected chi connectivity index (χ1v) is 7.19. The van der Waals surface area contributed by atoms with Crippen molar-refractivity contribution in [3.8, 4) is 0 Å². The summed E-state index contributed by atoms with van der Waals surface area (Å²) in [7, 11) is 2.01. The quantitative estimate of drug-likeness (QED) is 0.907. The molecule has 0 saturated carbocycles. The third kappa shape index (κ3) is 4.13. The predicted octanol–water partition coefficient (Wildman–Crippen LogP) is 2.66. The van der Waals surface area contributed by atoms with Gasteiger partial charge in [0.1, 0.15) is 0 Å². The molecule has 6 heteroatoms. The van der Waals surface area contributed by atoms with Gasteiger partial charge in [0, 0.05) is 11.0 Å². The van der Waals surface area contributed by atoms with E-state index in [1.165, 1.54) is 5.56 Å². The maximum Gasteiger partial charge on any atom is 0.240 e. The van der Waals surface area contributed by atoms with Gasteiger partial charge < -0.3 is 10.3 Å². The lowest BCUT2D eigenvalue weighted by Gasteiger charge is -2.14. The normalized spacial score (nSPS) is 12.1. The molecule has 2 aromatic rings. The summed E-state index contributed by atoms with van der Waals surface area (Å²) >= 11 is 3.47. The van der Waals surface area contributed by atoms with Crippen LogP contribution in [0.15, 0.2) is 33.3 Å². The Morgan fingerprint density at radius 1 is 1.35 bits per heavy atom. The molecule has 0 unspecified atom stereocenters. The molecular weight excluding hydrogens is 320 g/mol. The van der Waals surface area contributed by atoms with E-state index in [1.807, 2.05) is 33.0 Å². The summed E-state index contributed by atoms with van der Waals surface area (Å²) in [4.78, 5) is 6.44. The van der Waals surface area contributed by atoms with E-state index in [2.05, 4.69) is 43.1 Å². The molecule has 0 fully saturated rings. The van der Waals surface area contributed by atoms with Crippen molar-refractivity contribution in [3.63, 3.8) is 0 Å². The Bertz CT molecular complexity index is 577. The summed E-state index contributed by atoms with van der Waals surface area (Å²) in [6, 6.07) is 8.22. The number of benzene rings is 1. The van der Waals surface area contributed by atoms with E-state index in [0.29, 0.717) is 18.3 Å². The molecule has 1 heterocycles. The molecule has 1 aromatic carbocycles. The molecule has 20 heavy (non-hydrogen) atoms. The van der Waals surface area contributed by atoms with E-state index in [9.17, 15) is 0 Å². The van der Waals surface area contributed by atoms with Gasteiger partial charge in [-0.2, -0.15) is 4.98 Å². The number of hydrogen-bond donors (Lipinski definition) is 1. The molecule has 0 aliphatic rings. The molecule has 0 aliphatic carbocycles. The number of aromatic nitrogens is 2. The standard InChI is InChI=1S/C14H19BrN4O/c1-14(2,16)13-17-12(20-18-13)9-19(3)8-10-5-4-6-11(15)7-10/h4-7H,8-9,16H2,1-3H3. The minimum atomic E-state index is -0.579. The molecular formula is C14H19BrN4O.